The van der Waals surface area contributed by atoms with Crippen LogP contribution in [0.15, 0.2) is 47.4 Å². The van der Waals surface area contributed by atoms with Crippen molar-refractivity contribution in [3.05, 3.63) is 53.8 Å². The van der Waals surface area contributed by atoms with Crippen LogP contribution >= 0.6 is 23.1 Å². The first-order chi connectivity index (χ1) is 13.1. The number of rotatable bonds is 4. The first-order valence-electron chi connectivity index (χ1n) is 8.78. The van der Waals surface area contributed by atoms with Gasteiger partial charge in [0.15, 0.2) is 0 Å². The van der Waals surface area contributed by atoms with Gasteiger partial charge in [-0.15, -0.1) is 11.8 Å². The second-order valence-electron chi connectivity index (χ2n) is 6.43. The number of halogens is 1. The van der Waals surface area contributed by atoms with Crippen molar-refractivity contribution in [1.82, 2.24) is 9.88 Å². The summed E-state index contributed by atoms with van der Waals surface area (Å²) in [6.45, 7) is 1.32. The van der Waals surface area contributed by atoms with Crippen molar-refractivity contribution in [3.63, 3.8) is 0 Å². The van der Waals surface area contributed by atoms with E-state index in [1.54, 1.807) is 17.8 Å². The highest BCUT2D eigenvalue weighted by Crippen LogP contribution is 2.30. The van der Waals surface area contributed by atoms with Gasteiger partial charge in [0.05, 0.1) is 10.2 Å². The van der Waals surface area contributed by atoms with E-state index in [9.17, 15) is 9.18 Å². The van der Waals surface area contributed by atoms with Gasteiger partial charge < -0.3 is 9.64 Å². The van der Waals surface area contributed by atoms with Gasteiger partial charge in [-0.2, -0.15) is 0 Å². The van der Waals surface area contributed by atoms with Crippen LogP contribution in [0.2, 0.25) is 0 Å². The van der Waals surface area contributed by atoms with Crippen LogP contribution in [0.3, 0.4) is 0 Å². The van der Waals surface area contributed by atoms with Gasteiger partial charge in [-0.3, -0.25) is 4.79 Å². The molecular formula is C20H19FN2O2S2. The number of amides is 1. The van der Waals surface area contributed by atoms with Gasteiger partial charge >= 0.3 is 0 Å². The summed E-state index contributed by atoms with van der Waals surface area (Å²) in [4.78, 5) is 20.1. The van der Waals surface area contributed by atoms with Crippen molar-refractivity contribution in [2.45, 2.75) is 23.8 Å². The highest BCUT2D eigenvalue weighted by molar-refractivity contribution is 7.98. The Bertz CT molecular complexity index is 950. The van der Waals surface area contributed by atoms with E-state index in [4.69, 9.17) is 4.74 Å². The Morgan fingerprint density at radius 2 is 1.96 bits per heavy atom. The number of nitrogens with zero attached hydrogens (tertiary/aromatic N) is 2. The van der Waals surface area contributed by atoms with Crippen LogP contribution in [0.25, 0.3) is 10.2 Å². The number of fused-ring (bicyclic) bond motifs is 1. The number of carbonyl (C=O) groups excluding carboxylic acids is 1. The molecular weight excluding hydrogens is 383 g/mol. The average Bonchev–Trinajstić information content (AvgIpc) is 3.09. The Morgan fingerprint density at radius 3 is 2.67 bits per heavy atom. The van der Waals surface area contributed by atoms with Crippen LogP contribution in [-0.4, -0.2) is 41.2 Å². The Balaban J connectivity index is 1.35. The van der Waals surface area contributed by atoms with Crippen molar-refractivity contribution >= 4 is 39.2 Å². The molecule has 0 N–H and O–H groups in total. The van der Waals surface area contributed by atoms with E-state index in [0.29, 0.717) is 18.3 Å². The topological polar surface area (TPSA) is 42.4 Å². The van der Waals surface area contributed by atoms with Crippen molar-refractivity contribution < 1.29 is 13.9 Å². The normalized spacial score (nSPS) is 15.3. The minimum Gasteiger partial charge on any atom is -0.467 e. The molecule has 1 aliphatic heterocycles. The van der Waals surface area contributed by atoms with Crippen LogP contribution in [0.5, 0.6) is 5.19 Å². The van der Waals surface area contributed by atoms with Crippen LogP contribution in [0, 0.1) is 5.82 Å². The summed E-state index contributed by atoms with van der Waals surface area (Å²) in [5, 5.41) is 0.563. The largest absolute Gasteiger partial charge is 0.467 e. The number of hydrogen-bond acceptors (Lipinski definition) is 5. The Morgan fingerprint density at radius 1 is 1.22 bits per heavy atom. The van der Waals surface area contributed by atoms with Crippen LogP contribution < -0.4 is 4.74 Å². The lowest BCUT2D eigenvalue weighted by Crippen LogP contribution is -2.41. The van der Waals surface area contributed by atoms with E-state index in [1.165, 1.54) is 23.5 Å². The maximum Gasteiger partial charge on any atom is 0.274 e. The second-order valence-corrected chi connectivity index (χ2v) is 8.30. The predicted octanol–water partition coefficient (Wildman–Crippen LogP) is 4.84. The van der Waals surface area contributed by atoms with E-state index in [2.05, 4.69) is 4.98 Å². The zero-order valence-corrected chi connectivity index (χ0v) is 16.5. The van der Waals surface area contributed by atoms with E-state index < -0.39 is 0 Å². The molecule has 1 saturated heterocycles. The van der Waals surface area contributed by atoms with Crippen molar-refractivity contribution in [2.24, 2.45) is 0 Å². The minimum absolute atomic E-state index is 0.0262. The predicted molar refractivity (Wildman–Crippen MR) is 107 cm³/mol. The number of thiazole rings is 1. The van der Waals surface area contributed by atoms with Gasteiger partial charge in [-0.05, 0) is 48.7 Å². The van der Waals surface area contributed by atoms with Gasteiger partial charge in [0.25, 0.3) is 11.1 Å². The third-order valence-corrected chi connectivity index (χ3v) is 6.32. The summed E-state index contributed by atoms with van der Waals surface area (Å²) in [5.41, 5.74) is 1.47. The lowest BCUT2D eigenvalue weighted by atomic mass is 10.1. The van der Waals surface area contributed by atoms with E-state index in [-0.39, 0.29) is 17.8 Å². The summed E-state index contributed by atoms with van der Waals surface area (Å²) < 4.78 is 20.1. The Hall–Kier alpha value is -2.12. The lowest BCUT2D eigenvalue weighted by molar-refractivity contribution is 0.0595. The number of piperidine rings is 1. The van der Waals surface area contributed by atoms with Gasteiger partial charge in [-0.25, -0.2) is 9.37 Å². The van der Waals surface area contributed by atoms with Crippen molar-refractivity contribution in [1.29, 1.82) is 0 Å². The molecule has 0 saturated carbocycles. The summed E-state index contributed by atoms with van der Waals surface area (Å²) >= 11 is 3.02. The number of carbonyl (C=O) groups is 1. The standard InChI is InChI=1S/C20H19FN2O2S2/c1-26-16-5-2-13(3-6-16)19(24)23-10-8-15(9-11-23)25-20-22-17-7-4-14(21)12-18(17)27-20/h2-7,12,15H,8-11H2,1H3. The zero-order valence-electron chi connectivity index (χ0n) is 14.9. The van der Waals surface area contributed by atoms with Gasteiger partial charge in [0.1, 0.15) is 11.9 Å². The maximum absolute atomic E-state index is 13.3. The molecule has 0 radical (unpaired) electrons. The third-order valence-electron chi connectivity index (χ3n) is 4.66. The van der Waals surface area contributed by atoms with E-state index >= 15 is 0 Å². The third kappa shape index (κ3) is 4.09. The average molecular weight is 403 g/mol. The molecule has 140 valence electrons. The fourth-order valence-corrected chi connectivity index (χ4v) is 4.48. The fraction of sp³-hybridized carbons (Fsp3) is 0.300. The molecule has 27 heavy (non-hydrogen) atoms. The summed E-state index contributed by atoms with van der Waals surface area (Å²) in [6.07, 6.45) is 3.57. The van der Waals surface area contributed by atoms with Crippen LogP contribution in [0.4, 0.5) is 4.39 Å². The first-order valence-corrected chi connectivity index (χ1v) is 10.8. The summed E-state index contributed by atoms with van der Waals surface area (Å²) in [7, 11) is 0. The number of hydrogen-bond donors (Lipinski definition) is 0. The molecule has 1 amide bonds. The molecule has 2 heterocycles. The van der Waals surface area contributed by atoms with Gasteiger partial charge in [0, 0.05) is 36.4 Å². The second kappa shape index (κ2) is 7.86. The molecule has 4 rings (SSSR count). The number of thioether (sulfide) groups is 1. The van der Waals surface area contributed by atoms with Gasteiger partial charge in [-0.1, -0.05) is 11.3 Å². The van der Waals surface area contributed by atoms with Crippen molar-refractivity contribution in [3.8, 4) is 5.19 Å². The highest BCUT2D eigenvalue weighted by atomic mass is 32.2. The molecule has 3 aromatic rings. The zero-order chi connectivity index (χ0) is 18.8. The summed E-state index contributed by atoms with van der Waals surface area (Å²) in [5.74, 6) is -0.202. The minimum atomic E-state index is -0.268. The molecule has 2 aromatic carbocycles. The molecule has 0 bridgehead atoms. The maximum atomic E-state index is 13.3. The number of aromatic nitrogens is 1. The molecule has 1 aliphatic rings. The Labute approximate surface area is 165 Å². The lowest BCUT2D eigenvalue weighted by Gasteiger charge is -2.31. The molecule has 0 aliphatic carbocycles. The van der Waals surface area contributed by atoms with Gasteiger partial charge in [0.2, 0.25) is 0 Å². The number of likely N-dealkylation sites (tertiary alicyclic amines) is 1. The van der Waals surface area contributed by atoms with Crippen LogP contribution in [-0.2, 0) is 0 Å². The molecule has 1 aromatic heterocycles. The monoisotopic (exact) mass is 402 g/mol. The molecule has 4 nitrogen and oxygen atoms in total. The smallest absolute Gasteiger partial charge is 0.274 e. The number of ether oxygens (including phenoxy) is 1. The van der Waals surface area contributed by atoms with E-state index in [0.717, 1.165) is 33.5 Å². The quantitative estimate of drug-likeness (QED) is 0.586. The number of benzene rings is 2. The Kier molecular flexibility index (Phi) is 5.31. The molecule has 0 atom stereocenters. The first kappa shape index (κ1) is 18.3. The van der Waals surface area contributed by atoms with Crippen LogP contribution in [0.1, 0.15) is 23.2 Å². The highest BCUT2D eigenvalue weighted by Gasteiger charge is 2.25. The molecule has 1 fully saturated rings. The molecule has 0 unspecified atom stereocenters. The molecule has 0 spiro atoms. The SMILES string of the molecule is CSc1ccc(C(=O)N2CCC(Oc3nc4ccc(F)cc4s3)CC2)cc1. The summed E-state index contributed by atoms with van der Waals surface area (Å²) in [6, 6.07) is 12.3. The van der Waals surface area contributed by atoms with E-state index in [1.807, 2.05) is 35.4 Å². The van der Waals surface area contributed by atoms with Crippen molar-refractivity contribution in [2.75, 3.05) is 19.3 Å². The molecule has 7 heteroatoms. The fourth-order valence-electron chi connectivity index (χ4n) is 3.16.